The van der Waals surface area contributed by atoms with Gasteiger partial charge in [0.05, 0.1) is 27.1 Å². The number of para-hydroxylation sites is 4. The van der Waals surface area contributed by atoms with E-state index in [1.165, 1.54) is 54.6 Å². The van der Waals surface area contributed by atoms with Gasteiger partial charge in [0.25, 0.3) is 23.6 Å². The Balaban J connectivity index is 0.000000197. The molecule has 12 N–H and O–H groups in total. The first-order valence-corrected chi connectivity index (χ1v) is 42.8. The number of benzene rings is 16. The number of anilines is 4. The van der Waals surface area contributed by atoms with Gasteiger partial charge < -0.3 is 66.7 Å². The minimum atomic E-state index is -3.53. The summed E-state index contributed by atoms with van der Waals surface area (Å²) in [6.07, 6.45) is 1.04. The first-order chi connectivity index (χ1) is 61.9. The van der Waals surface area contributed by atoms with Crippen LogP contribution in [0, 0.1) is 14.9 Å². The van der Waals surface area contributed by atoms with Crippen molar-refractivity contribution in [3.8, 4) is 46.0 Å². The van der Waals surface area contributed by atoms with Crippen LogP contribution < -0.4 is 21.3 Å². The van der Waals surface area contributed by atoms with E-state index in [4.69, 9.17) is 11.6 Å². The van der Waals surface area contributed by atoms with Gasteiger partial charge >= 0.3 is 0 Å². The Morgan fingerprint density at radius 1 is 0.346 bits per heavy atom. The van der Waals surface area contributed by atoms with Crippen molar-refractivity contribution in [2.24, 2.45) is 40.9 Å². The molecule has 16 aromatic carbocycles. The number of hydrogen-bond acceptors (Lipinski definition) is 24. The molecular formula is C100H84ClFe2N12O16S2+. The van der Waals surface area contributed by atoms with Crippen LogP contribution in [0.1, 0.15) is 73.3 Å². The Kier molecular flexibility index (Phi) is 34.6. The van der Waals surface area contributed by atoms with Crippen molar-refractivity contribution in [2.75, 3.05) is 27.5 Å². The summed E-state index contributed by atoms with van der Waals surface area (Å²) >= 11 is 3.65. The van der Waals surface area contributed by atoms with Crippen LogP contribution in [0.3, 0.4) is 0 Å². The topological polar surface area (TPSA) is 451 Å². The molecule has 0 aliphatic rings. The van der Waals surface area contributed by atoms with Crippen LogP contribution in [0.25, 0.3) is 43.1 Å². The van der Waals surface area contributed by atoms with E-state index in [0.29, 0.717) is 71.0 Å². The average molecular weight is 1920 g/mol. The number of fused-ring (bicyclic) bond motifs is 4. The number of aromatic hydroxyl groups is 8. The number of azo groups is 4. The largest absolute Gasteiger partial charge is 0.772 e. The van der Waals surface area contributed by atoms with E-state index in [1.807, 2.05) is 72.8 Å². The molecule has 0 saturated heterocycles. The van der Waals surface area contributed by atoms with E-state index in [2.05, 4.69) is 83.0 Å². The molecule has 0 heterocycles. The molecule has 133 heavy (non-hydrogen) atoms. The van der Waals surface area contributed by atoms with Gasteiger partial charge in [-0.05, 0) is 172 Å². The van der Waals surface area contributed by atoms with Gasteiger partial charge in [-0.2, -0.15) is 0 Å². The summed E-state index contributed by atoms with van der Waals surface area (Å²) in [5.41, 5.74) is 4.42. The molecule has 1 unspecified atom stereocenters. The van der Waals surface area contributed by atoms with Crippen molar-refractivity contribution in [3.05, 3.63) is 369 Å². The first kappa shape index (κ1) is 101. The molecule has 28 nitrogen and oxygen atoms in total. The predicted molar refractivity (Wildman–Crippen MR) is 511 cm³/mol. The summed E-state index contributed by atoms with van der Waals surface area (Å²) in [6.45, 7) is 6.19. The summed E-state index contributed by atoms with van der Waals surface area (Å²) in [4.78, 5) is 51.4. The molecule has 0 aliphatic carbocycles. The Hall–Kier alpha value is -15.6. The van der Waals surface area contributed by atoms with Gasteiger partial charge in [0.1, 0.15) is 68.5 Å². The summed E-state index contributed by atoms with van der Waals surface area (Å²) in [6, 6.07) is 87.8. The minimum absolute atomic E-state index is 0. The summed E-state index contributed by atoms with van der Waals surface area (Å²) in [5.74, 6) is -4.23. The van der Waals surface area contributed by atoms with Gasteiger partial charge in [-0.25, -0.2) is 8.42 Å². The number of phenolic OH excluding ortho intramolecular Hbond substituents is 8. The van der Waals surface area contributed by atoms with Gasteiger partial charge in [0, 0.05) is 110 Å². The van der Waals surface area contributed by atoms with E-state index in [1.54, 1.807) is 188 Å². The normalized spacial score (nSPS) is 11.3. The van der Waals surface area contributed by atoms with Crippen LogP contribution in [-0.4, -0.2) is 87.9 Å². The second-order valence-electron chi connectivity index (χ2n) is 29.7. The van der Waals surface area contributed by atoms with E-state index in [0.717, 1.165) is 17.2 Å². The SMILES string of the molecule is CC(C)(C)c1ccc(O)c(N=Nc2c(O)c(C(=O)Nc3ccccc3)cc3ccccc23)c1.CS(=O)(=O)c1ccc(O)c(N=Nc2c(O)c(C(=O)Nc3ccccc3)cc3ccccc23)c1.O=C(Nc1ccccc1)c1cc2ccccc2c(N=Nc2cc(CS(=O)[O-])ccc2O)c1O.O=C(Nc1ccccc1)c1cc2ccccc2c(N=Nc2cc(Cl)ccc2O)c1O.[CH3+].[CH3+].[Fe].[Fe]. The molecule has 1 atom stereocenters. The molecule has 16 aromatic rings. The molecule has 674 valence electrons. The summed E-state index contributed by atoms with van der Waals surface area (Å²) < 4.78 is 45.6. The number of rotatable bonds is 19. The molecule has 0 bridgehead atoms. The van der Waals surface area contributed by atoms with Crippen molar-refractivity contribution in [3.63, 3.8) is 0 Å². The molecule has 0 aliphatic heterocycles. The maximum atomic E-state index is 12.9. The van der Waals surface area contributed by atoms with Crippen molar-refractivity contribution in [1.82, 2.24) is 0 Å². The molecule has 0 fully saturated rings. The molecule has 16 rings (SSSR count). The fraction of sp³-hybridized carbons (Fsp3) is 0.0600. The van der Waals surface area contributed by atoms with Crippen LogP contribution in [0.5, 0.6) is 46.0 Å². The quantitative estimate of drug-likeness (QED) is 0.0155. The number of phenols is 8. The summed E-state index contributed by atoms with van der Waals surface area (Å²) in [5, 5.41) is 133. The Labute approximate surface area is 793 Å². The molecule has 0 saturated carbocycles. The molecular weight excluding hydrogens is 1840 g/mol. The van der Waals surface area contributed by atoms with E-state index in [9.17, 15) is 77.2 Å². The third-order valence-corrected chi connectivity index (χ3v) is 21.5. The third kappa shape index (κ3) is 25.5. The van der Waals surface area contributed by atoms with Crippen LogP contribution in [-0.2, 0) is 66.2 Å². The van der Waals surface area contributed by atoms with Gasteiger partial charge in [0.2, 0.25) is 0 Å². The smallest absolute Gasteiger partial charge is 0.259 e. The number of nitrogens with zero attached hydrogens (tertiary/aromatic N) is 8. The molecule has 33 heteroatoms. The van der Waals surface area contributed by atoms with Crippen LogP contribution in [0.2, 0.25) is 5.02 Å². The second-order valence-corrected chi connectivity index (χ2v) is 33.1. The van der Waals surface area contributed by atoms with Crippen LogP contribution in [0.4, 0.5) is 68.2 Å². The van der Waals surface area contributed by atoms with Gasteiger partial charge in [0.15, 0.2) is 32.8 Å². The first-order valence-electron chi connectivity index (χ1n) is 39.3. The van der Waals surface area contributed by atoms with Crippen molar-refractivity contribution >= 4 is 167 Å². The predicted octanol–water partition coefficient (Wildman–Crippen LogP) is 25.3. The number of carbonyl (C=O) groups excluding carboxylic acids is 4. The van der Waals surface area contributed by atoms with Gasteiger partial charge in [-0.15, -0.1) is 40.9 Å². The maximum Gasteiger partial charge on any atom is 0.259 e. The number of halogens is 1. The molecule has 0 aromatic heterocycles. The zero-order valence-corrected chi connectivity index (χ0v) is 76.1. The van der Waals surface area contributed by atoms with Gasteiger partial charge in [-0.1, -0.05) is 225 Å². The Morgan fingerprint density at radius 3 is 0.910 bits per heavy atom. The number of hydrogen-bond donors (Lipinski definition) is 12. The summed E-state index contributed by atoms with van der Waals surface area (Å²) in [7, 11) is -3.53. The standard InChI is InChI=1S/C27H25N3O3.2C24H19N3O5S.C23H16ClN3O3.2CH3.2Fe/c1-27(2,3)18-13-14-23(31)22(16-18)29-30-24-20-12-8-7-9-17(20)15-21(25(24)32)26(33)28-19-10-5-4-6-11-19;1-33(31,32)17-11-12-21(28)20(14-17)26-27-22-18-10-6-5-7-15(18)13-19(23(22)29)24(30)25-16-8-3-2-4-9-16;28-21-11-10-15(14-33(31)32)12-20(21)26-27-22-18-9-5-4-6-16(18)13-19(23(22)29)24(30)25-17-7-2-1-3-8-17;24-15-10-11-20(28)19(13-15)26-27-21-17-9-5-4-6-14(17)12-18(22(21)29)23(30)25-16-7-2-1-3-8-16;;;;/h4-16,31-32H,1-3H3,(H,28,33);2-14,28-29H,1H3,(H,25,30);1-13,28-29H,14H2,(H,25,30)(H,31,32);1-13,28-29H,(H,25,30);2*1H3;;/q;;;;2*+1;;/p-1. The second kappa shape index (κ2) is 45.6. The molecule has 4 amide bonds. The Morgan fingerprint density at radius 2 is 0.609 bits per heavy atom. The van der Waals surface area contributed by atoms with E-state index < -0.39 is 50.3 Å². The fourth-order valence-electron chi connectivity index (χ4n) is 13.0. The zero-order valence-electron chi connectivity index (χ0n) is 71.6. The Bertz CT molecular complexity index is 7250. The maximum absolute atomic E-state index is 12.9. The van der Waals surface area contributed by atoms with Crippen molar-refractivity contribution in [2.45, 2.75) is 36.8 Å². The van der Waals surface area contributed by atoms with E-state index >= 15 is 0 Å². The van der Waals surface area contributed by atoms with Crippen molar-refractivity contribution < 1.29 is 111 Å². The minimum Gasteiger partial charge on any atom is -0.772 e. The fourth-order valence-corrected chi connectivity index (χ4v) is 14.3. The molecule has 0 spiro atoms. The molecule has 0 radical (unpaired) electrons. The van der Waals surface area contributed by atoms with Crippen LogP contribution in [0.15, 0.2) is 361 Å². The number of sulfone groups is 1. The zero-order chi connectivity index (χ0) is 91.6. The average Bonchev–Trinajstić information content (AvgIpc) is 0.787. The van der Waals surface area contributed by atoms with Crippen LogP contribution >= 0.6 is 11.6 Å². The third-order valence-electron chi connectivity index (χ3n) is 19.6. The monoisotopic (exact) mass is 1920 g/mol. The van der Waals surface area contributed by atoms with E-state index in [-0.39, 0.29) is 173 Å². The number of amides is 4. The van der Waals surface area contributed by atoms with Gasteiger partial charge in [-0.3, -0.25) is 23.4 Å². The number of nitrogens with one attached hydrogen (secondary N) is 4. The number of carbonyl (C=O) groups is 4. The van der Waals surface area contributed by atoms with Crippen molar-refractivity contribution in [1.29, 1.82) is 0 Å².